The molecule has 0 unspecified atom stereocenters. The summed E-state index contributed by atoms with van der Waals surface area (Å²) in [6.45, 7) is 6.78. The Kier molecular flexibility index (Phi) is 8.84. The molecule has 0 fully saturated rings. The Labute approximate surface area is 226 Å². The van der Waals surface area contributed by atoms with Crippen LogP contribution in [0.5, 0.6) is 0 Å². The third-order valence-electron chi connectivity index (χ3n) is 5.90. The molecule has 37 heavy (non-hydrogen) atoms. The Balaban J connectivity index is 1.48. The van der Waals surface area contributed by atoms with Crippen LogP contribution in [0.1, 0.15) is 49.4 Å². The van der Waals surface area contributed by atoms with Gasteiger partial charge in [0.25, 0.3) is 5.91 Å². The molecule has 4 aromatic rings. The van der Waals surface area contributed by atoms with E-state index in [-0.39, 0.29) is 23.6 Å². The van der Waals surface area contributed by atoms with Crippen molar-refractivity contribution < 1.29 is 9.59 Å². The van der Waals surface area contributed by atoms with Gasteiger partial charge in [0.2, 0.25) is 5.91 Å². The average Bonchev–Trinajstić information content (AvgIpc) is 3.30. The Hall–Kier alpha value is -3.36. The second-order valence-electron chi connectivity index (χ2n) is 9.08. The fourth-order valence-electron chi connectivity index (χ4n) is 4.19. The summed E-state index contributed by atoms with van der Waals surface area (Å²) in [6.07, 6.45) is 0.681. The summed E-state index contributed by atoms with van der Waals surface area (Å²) in [6, 6.07) is 20.4. The maximum Gasteiger partial charge on any atom is 0.253 e. The van der Waals surface area contributed by atoms with Gasteiger partial charge >= 0.3 is 0 Å². The van der Waals surface area contributed by atoms with E-state index in [9.17, 15) is 9.59 Å². The molecule has 192 valence electrons. The minimum atomic E-state index is -0.352. The van der Waals surface area contributed by atoms with Gasteiger partial charge < -0.3 is 15.2 Å². The summed E-state index contributed by atoms with van der Waals surface area (Å²) < 4.78 is 1.95. The molecular weight excluding hydrogens is 506 g/mol. The Bertz CT molecular complexity index is 1400. The van der Waals surface area contributed by atoms with Gasteiger partial charge in [0.1, 0.15) is 0 Å². The van der Waals surface area contributed by atoms with Crippen LogP contribution in [0.3, 0.4) is 0 Å². The lowest BCUT2D eigenvalue weighted by atomic mass is 10.0. The number of anilines is 1. The predicted molar refractivity (Wildman–Crippen MR) is 150 cm³/mol. The number of carbonyl (C=O) groups is 2. The van der Waals surface area contributed by atoms with Crippen molar-refractivity contribution in [1.82, 2.24) is 20.1 Å². The second-order valence-corrected chi connectivity index (χ2v) is 10.4. The third kappa shape index (κ3) is 6.50. The highest BCUT2D eigenvalue weighted by Crippen LogP contribution is 2.27. The van der Waals surface area contributed by atoms with E-state index in [1.165, 1.54) is 11.8 Å². The normalized spacial score (nSPS) is 12.0. The largest absolute Gasteiger partial charge is 0.342 e. The number of thioether (sulfide) groups is 1. The molecule has 7 nitrogen and oxygen atoms in total. The van der Waals surface area contributed by atoms with Crippen molar-refractivity contribution in [3.05, 3.63) is 83.1 Å². The number of benzene rings is 3. The number of carbonyl (C=O) groups excluding carboxylic acids is 2. The van der Waals surface area contributed by atoms with Crippen molar-refractivity contribution in [3.8, 4) is 0 Å². The standard InChI is InChI=1S/C28H30ClN5O2S/c1-4-34-26(24(16-18(2)3)31-27(36)21-13-7-8-14-22(21)29)32-33-28(34)37-17-25(35)30-23-15-9-11-19-10-5-6-12-20(19)23/h5-15,18,24H,4,16-17H2,1-3H3,(H,30,35)(H,31,36)/t24-/m1/s1. The maximum atomic E-state index is 13.0. The molecule has 9 heteroatoms. The number of nitrogens with zero attached hydrogens (tertiary/aromatic N) is 3. The molecule has 0 saturated heterocycles. The van der Waals surface area contributed by atoms with E-state index >= 15 is 0 Å². The van der Waals surface area contributed by atoms with Crippen molar-refractivity contribution in [2.75, 3.05) is 11.1 Å². The van der Waals surface area contributed by atoms with Gasteiger partial charge in [-0.2, -0.15) is 0 Å². The summed E-state index contributed by atoms with van der Waals surface area (Å²) in [5, 5.41) is 18.0. The molecule has 0 spiro atoms. The number of rotatable bonds is 10. The first kappa shape index (κ1) is 26.7. The van der Waals surface area contributed by atoms with Crippen molar-refractivity contribution >= 4 is 51.6 Å². The van der Waals surface area contributed by atoms with Crippen LogP contribution in [0, 0.1) is 5.92 Å². The zero-order chi connectivity index (χ0) is 26.4. The van der Waals surface area contributed by atoms with Gasteiger partial charge in [-0.1, -0.05) is 85.7 Å². The molecule has 1 heterocycles. The highest BCUT2D eigenvalue weighted by Gasteiger charge is 2.25. The summed E-state index contributed by atoms with van der Waals surface area (Å²) in [4.78, 5) is 25.8. The molecule has 0 aliphatic carbocycles. The number of amides is 2. The highest BCUT2D eigenvalue weighted by atomic mass is 35.5. The van der Waals surface area contributed by atoms with Crippen LogP contribution < -0.4 is 10.6 Å². The minimum absolute atomic E-state index is 0.126. The average molecular weight is 536 g/mol. The van der Waals surface area contributed by atoms with Crippen LogP contribution >= 0.6 is 23.4 Å². The number of fused-ring (bicyclic) bond motifs is 1. The molecule has 0 radical (unpaired) electrons. The molecule has 0 bridgehead atoms. The second kappa shape index (κ2) is 12.3. The topological polar surface area (TPSA) is 88.9 Å². The van der Waals surface area contributed by atoms with E-state index in [2.05, 4.69) is 34.7 Å². The Morgan fingerprint density at radius 1 is 1.00 bits per heavy atom. The van der Waals surface area contributed by atoms with Gasteiger partial charge in [0, 0.05) is 17.6 Å². The van der Waals surface area contributed by atoms with Gasteiger partial charge in [0.15, 0.2) is 11.0 Å². The molecule has 0 aliphatic rings. The summed E-state index contributed by atoms with van der Waals surface area (Å²) in [5.41, 5.74) is 1.20. The van der Waals surface area contributed by atoms with Crippen LogP contribution in [-0.4, -0.2) is 32.3 Å². The Morgan fingerprint density at radius 3 is 2.49 bits per heavy atom. The first-order valence-corrected chi connectivity index (χ1v) is 13.6. The predicted octanol–water partition coefficient (Wildman–Crippen LogP) is 6.35. The minimum Gasteiger partial charge on any atom is -0.342 e. The molecule has 0 saturated carbocycles. The van der Waals surface area contributed by atoms with Gasteiger partial charge in [-0.3, -0.25) is 9.59 Å². The van der Waals surface area contributed by atoms with E-state index in [4.69, 9.17) is 11.6 Å². The van der Waals surface area contributed by atoms with E-state index in [1.54, 1.807) is 24.3 Å². The molecular formula is C28H30ClN5O2S. The molecule has 2 amide bonds. The Morgan fingerprint density at radius 2 is 1.73 bits per heavy atom. The lowest BCUT2D eigenvalue weighted by Gasteiger charge is -2.21. The number of nitrogens with one attached hydrogen (secondary N) is 2. The van der Waals surface area contributed by atoms with Crippen molar-refractivity contribution in [3.63, 3.8) is 0 Å². The van der Waals surface area contributed by atoms with Gasteiger partial charge in [-0.05, 0) is 42.8 Å². The number of halogens is 1. The van der Waals surface area contributed by atoms with Gasteiger partial charge in [-0.25, -0.2) is 0 Å². The fourth-order valence-corrected chi connectivity index (χ4v) is 5.23. The zero-order valence-corrected chi connectivity index (χ0v) is 22.6. The number of aromatic nitrogens is 3. The number of hydrogen-bond acceptors (Lipinski definition) is 5. The molecule has 4 rings (SSSR count). The molecule has 0 aliphatic heterocycles. The van der Waals surface area contributed by atoms with Crippen LogP contribution in [0.15, 0.2) is 71.9 Å². The van der Waals surface area contributed by atoms with Gasteiger partial charge in [-0.15, -0.1) is 10.2 Å². The molecule has 3 aromatic carbocycles. The summed E-state index contributed by atoms with van der Waals surface area (Å²) in [7, 11) is 0. The van der Waals surface area contributed by atoms with Crippen molar-refractivity contribution in [2.24, 2.45) is 5.92 Å². The first-order valence-electron chi connectivity index (χ1n) is 12.3. The van der Waals surface area contributed by atoms with Gasteiger partial charge in [0.05, 0.1) is 22.4 Å². The van der Waals surface area contributed by atoms with E-state index in [0.717, 1.165) is 16.5 Å². The molecule has 1 aromatic heterocycles. The molecule has 1 atom stereocenters. The smallest absolute Gasteiger partial charge is 0.253 e. The summed E-state index contributed by atoms with van der Waals surface area (Å²) in [5.74, 6) is 0.766. The number of hydrogen-bond donors (Lipinski definition) is 2. The summed E-state index contributed by atoms with van der Waals surface area (Å²) >= 11 is 7.57. The zero-order valence-electron chi connectivity index (χ0n) is 21.1. The fraction of sp³-hybridized carbons (Fsp3) is 0.286. The third-order valence-corrected chi connectivity index (χ3v) is 7.20. The van der Waals surface area contributed by atoms with Crippen LogP contribution in [0.4, 0.5) is 5.69 Å². The van der Waals surface area contributed by atoms with E-state index < -0.39 is 0 Å². The quantitative estimate of drug-likeness (QED) is 0.231. The lowest BCUT2D eigenvalue weighted by molar-refractivity contribution is -0.113. The van der Waals surface area contributed by atoms with Crippen LogP contribution in [0.25, 0.3) is 10.8 Å². The van der Waals surface area contributed by atoms with Crippen molar-refractivity contribution in [1.29, 1.82) is 0 Å². The monoisotopic (exact) mass is 535 g/mol. The highest BCUT2D eigenvalue weighted by molar-refractivity contribution is 7.99. The maximum absolute atomic E-state index is 13.0. The van der Waals surface area contributed by atoms with E-state index in [0.29, 0.717) is 40.5 Å². The van der Waals surface area contributed by atoms with E-state index in [1.807, 2.05) is 54.0 Å². The molecule has 2 N–H and O–H groups in total. The van der Waals surface area contributed by atoms with Crippen LogP contribution in [-0.2, 0) is 11.3 Å². The lowest BCUT2D eigenvalue weighted by Crippen LogP contribution is -2.31. The van der Waals surface area contributed by atoms with Crippen LogP contribution in [0.2, 0.25) is 5.02 Å². The first-order chi connectivity index (χ1) is 17.9. The van der Waals surface area contributed by atoms with Crippen molar-refractivity contribution in [2.45, 2.75) is 44.9 Å². The SMILES string of the molecule is CCn1c(SCC(=O)Nc2cccc3ccccc23)nnc1[C@@H](CC(C)C)NC(=O)c1ccccc1Cl.